The lowest BCUT2D eigenvalue weighted by molar-refractivity contribution is -0.127. The number of aryl methyl sites for hydroxylation is 1. The predicted molar refractivity (Wildman–Crippen MR) is 77.5 cm³/mol. The highest BCUT2D eigenvalue weighted by molar-refractivity contribution is 5.79. The van der Waals surface area contributed by atoms with Crippen molar-refractivity contribution in [3.63, 3.8) is 0 Å². The van der Waals surface area contributed by atoms with E-state index in [1.165, 1.54) is 12.8 Å². The Bertz CT molecular complexity index is 498. The maximum absolute atomic E-state index is 12.2. The molecule has 0 radical (unpaired) electrons. The van der Waals surface area contributed by atoms with Gasteiger partial charge in [-0.25, -0.2) is 0 Å². The molecule has 1 aromatic heterocycles. The maximum atomic E-state index is 12.2. The molecule has 2 atom stereocenters. The molecular weight excluding hydrogens is 268 g/mol. The van der Waals surface area contributed by atoms with Crippen LogP contribution in [0.3, 0.4) is 0 Å². The van der Waals surface area contributed by atoms with Crippen LogP contribution in [0.5, 0.6) is 0 Å². The van der Waals surface area contributed by atoms with Crippen LogP contribution in [-0.2, 0) is 4.79 Å². The lowest BCUT2D eigenvalue weighted by Crippen LogP contribution is -2.44. The van der Waals surface area contributed by atoms with E-state index in [2.05, 4.69) is 27.3 Å². The number of amides is 1. The van der Waals surface area contributed by atoms with Gasteiger partial charge in [0.25, 0.3) is 0 Å². The van der Waals surface area contributed by atoms with Gasteiger partial charge in [-0.15, -0.1) is 0 Å². The van der Waals surface area contributed by atoms with Gasteiger partial charge in [0, 0.05) is 13.1 Å². The number of carbonyl (C=O) groups excluding carboxylic acids is 1. The molecule has 3 rings (SSSR count). The quantitative estimate of drug-likeness (QED) is 0.894. The first-order valence-corrected chi connectivity index (χ1v) is 7.95. The Balaban J connectivity index is 1.55. The van der Waals surface area contributed by atoms with Crippen LogP contribution in [0.1, 0.15) is 50.4 Å². The number of likely N-dealkylation sites (tertiary alicyclic amines) is 1. The van der Waals surface area contributed by atoms with E-state index < -0.39 is 0 Å². The molecular formula is C15H24N4O2. The van der Waals surface area contributed by atoms with Gasteiger partial charge in [-0.2, -0.15) is 4.98 Å². The summed E-state index contributed by atoms with van der Waals surface area (Å²) < 4.78 is 5.26. The monoisotopic (exact) mass is 292 g/mol. The van der Waals surface area contributed by atoms with E-state index in [0.717, 1.165) is 38.4 Å². The predicted octanol–water partition coefficient (Wildman–Crippen LogP) is 1.68. The number of carbonyl (C=O) groups is 1. The fourth-order valence-electron chi connectivity index (χ4n) is 2.92. The number of nitrogens with zero attached hydrogens (tertiary/aromatic N) is 3. The Kier molecular flexibility index (Phi) is 4.24. The first kappa shape index (κ1) is 14.5. The second-order valence-corrected chi connectivity index (χ2v) is 6.38. The minimum Gasteiger partial charge on any atom is -0.356 e. The average Bonchev–Trinajstić information content (AvgIpc) is 3.24. The van der Waals surface area contributed by atoms with E-state index in [1.807, 2.05) is 6.92 Å². The van der Waals surface area contributed by atoms with Crippen LogP contribution in [0, 0.1) is 18.8 Å². The smallest absolute Gasteiger partial charge is 0.243 e. The Morgan fingerprint density at radius 3 is 2.95 bits per heavy atom. The molecule has 0 bridgehead atoms. The summed E-state index contributed by atoms with van der Waals surface area (Å²) in [7, 11) is 0. The van der Waals surface area contributed by atoms with Gasteiger partial charge in [0.15, 0.2) is 5.82 Å². The molecule has 6 heteroatoms. The molecule has 0 aromatic carbocycles. The third-order valence-corrected chi connectivity index (χ3v) is 4.53. The topological polar surface area (TPSA) is 71.3 Å². The summed E-state index contributed by atoms with van der Waals surface area (Å²) in [4.78, 5) is 18.8. The fourth-order valence-corrected chi connectivity index (χ4v) is 2.92. The summed E-state index contributed by atoms with van der Waals surface area (Å²) in [5.74, 6) is 2.33. The molecule has 1 amide bonds. The molecule has 1 saturated heterocycles. The van der Waals surface area contributed by atoms with Crippen molar-refractivity contribution < 1.29 is 9.32 Å². The minimum atomic E-state index is 0.0743. The minimum absolute atomic E-state index is 0.0743. The van der Waals surface area contributed by atoms with E-state index in [-0.39, 0.29) is 17.9 Å². The van der Waals surface area contributed by atoms with Gasteiger partial charge in [-0.3, -0.25) is 9.69 Å². The molecule has 1 aliphatic carbocycles. The van der Waals surface area contributed by atoms with Crippen LogP contribution in [0.15, 0.2) is 4.52 Å². The number of rotatable bonds is 5. The average molecular weight is 292 g/mol. The Morgan fingerprint density at radius 1 is 1.48 bits per heavy atom. The fraction of sp³-hybridized carbons (Fsp3) is 0.800. The second kappa shape index (κ2) is 6.13. The molecule has 1 N–H and O–H groups in total. The van der Waals surface area contributed by atoms with E-state index in [9.17, 15) is 4.79 Å². The van der Waals surface area contributed by atoms with Crippen LogP contribution < -0.4 is 5.32 Å². The number of aromatic nitrogens is 2. The Labute approximate surface area is 125 Å². The molecule has 2 fully saturated rings. The Morgan fingerprint density at radius 2 is 2.29 bits per heavy atom. The summed E-state index contributed by atoms with van der Waals surface area (Å²) in [6.45, 7) is 6.50. The van der Waals surface area contributed by atoms with Gasteiger partial charge < -0.3 is 9.84 Å². The first-order chi connectivity index (χ1) is 10.1. The molecule has 1 aromatic rings. The highest BCUT2D eigenvalue weighted by atomic mass is 16.5. The number of nitrogens with one attached hydrogen (secondary N) is 1. The van der Waals surface area contributed by atoms with Crippen molar-refractivity contribution in [2.24, 2.45) is 11.8 Å². The lowest BCUT2D eigenvalue weighted by Gasteiger charge is -2.34. The molecule has 116 valence electrons. The number of hydrogen-bond acceptors (Lipinski definition) is 5. The SMILES string of the molecule is Cc1noc(C(C)N2CCCC(C(=O)NCC3CC3)C2)n1. The summed E-state index contributed by atoms with van der Waals surface area (Å²) in [5, 5.41) is 6.95. The van der Waals surface area contributed by atoms with Crippen LogP contribution in [0.4, 0.5) is 0 Å². The van der Waals surface area contributed by atoms with Gasteiger partial charge in [-0.05, 0) is 52.0 Å². The summed E-state index contributed by atoms with van der Waals surface area (Å²) in [6, 6.07) is 0.0743. The van der Waals surface area contributed by atoms with Crippen molar-refractivity contribution in [3.05, 3.63) is 11.7 Å². The van der Waals surface area contributed by atoms with Gasteiger partial charge in [-0.1, -0.05) is 5.16 Å². The number of piperidine rings is 1. The zero-order chi connectivity index (χ0) is 14.8. The van der Waals surface area contributed by atoms with Crippen molar-refractivity contribution in [1.29, 1.82) is 0 Å². The highest BCUT2D eigenvalue weighted by Crippen LogP contribution is 2.28. The van der Waals surface area contributed by atoms with E-state index >= 15 is 0 Å². The molecule has 2 aliphatic rings. The van der Waals surface area contributed by atoms with E-state index in [1.54, 1.807) is 0 Å². The van der Waals surface area contributed by atoms with Crippen molar-refractivity contribution in [2.75, 3.05) is 19.6 Å². The maximum Gasteiger partial charge on any atom is 0.243 e. The van der Waals surface area contributed by atoms with Crippen LogP contribution in [0.25, 0.3) is 0 Å². The van der Waals surface area contributed by atoms with Crippen LogP contribution >= 0.6 is 0 Å². The molecule has 1 aliphatic heterocycles. The summed E-state index contributed by atoms with van der Waals surface area (Å²) in [5.41, 5.74) is 0. The molecule has 1 saturated carbocycles. The van der Waals surface area contributed by atoms with E-state index in [4.69, 9.17) is 4.52 Å². The third kappa shape index (κ3) is 3.61. The van der Waals surface area contributed by atoms with Gasteiger partial charge >= 0.3 is 0 Å². The summed E-state index contributed by atoms with van der Waals surface area (Å²) >= 11 is 0. The number of hydrogen-bond donors (Lipinski definition) is 1. The van der Waals surface area contributed by atoms with Crippen molar-refractivity contribution in [1.82, 2.24) is 20.4 Å². The van der Waals surface area contributed by atoms with E-state index in [0.29, 0.717) is 11.7 Å². The van der Waals surface area contributed by atoms with Crippen molar-refractivity contribution >= 4 is 5.91 Å². The van der Waals surface area contributed by atoms with Crippen molar-refractivity contribution in [2.45, 2.75) is 45.6 Å². The molecule has 6 nitrogen and oxygen atoms in total. The van der Waals surface area contributed by atoms with Gasteiger partial charge in [0.1, 0.15) is 0 Å². The lowest BCUT2D eigenvalue weighted by atomic mass is 9.96. The Hall–Kier alpha value is -1.43. The van der Waals surface area contributed by atoms with Crippen molar-refractivity contribution in [3.8, 4) is 0 Å². The second-order valence-electron chi connectivity index (χ2n) is 6.38. The van der Waals surface area contributed by atoms with Gasteiger partial charge in [0.05, 0.1) is 12.0 Å². The van der Waals surface area contributed by atoms with Crippen LogP contribution in [-0.4, -0.2) is 40.6 Å². The standard InChI is InChI=1S/C15H24N4O2/c1-10(15-17-11(2)18-21-15)19-7-3-4-13(9-19)14(20)16-8-12-5-6-12/h10,12-13H,3-9H2,1-2H3,(H,16,20). The highest BCUT2D eigenvalue weighted by Gasteiger charge is 2.31. The normalized spacial score (nSPS) is 24.8. The zero-order valence-corrected chi connectivity index (χ0v) is 12.8. The molecule has 0 spiro atoms. The molecule has 2 heterocycles. The third-order valence-electron chi connectivity index (χ3n) is 4.53. The molecule has 21 heavy (non-hydrogen) atoms. The first-order valence-electron chi connectivity index (χ1n) is 7.95. The largest absolute Gasteiger partial charge is 0.356 e. The summed E-state index contributed by atoms with van der Waals surface area (Å²) in [6.07, 6.45) is 4.55. The van der Waals surface area contributed by atoms with Gasteiger partial charge in [0.2, 0.25) is 11.8 Å². The van der Waals surface area contributed by atoms with Crippen LogP contribution in [0.2, 0.25) is 0 Å². The molecule has 2 unspecified atom stereocenters. The zero-order valence-electron chi connectivity index (χ0n) is 12.8.